The molecule has 0 bridgehead atoms. The minimum absolute atomic E-state index is 0.693. The quantitative estimate of drug-likeness (QED) is 0.347. The molecular formula is C19H41N. The van der Waals surface area contributed by atoms with Crippen molar-refractivity contribution < 1.29 is 0 Å². The molecule has 0 amide bonds. The van der Waals surface area contributed by atoms with E-state index in [4.69, 9.17) is 0 Å². The maximum absolute atomic E-state index is 3.52. The lowest BCUT2D eigenvalue weighted by atomic mass is 9.95. The normalized spacial score (nSPS) is 14.4. The van der Waals surface area contributed by atoms with E-state index < -0.39 is 0 Å². The van der Waals surface area contributed by atoms with E-state index >= 15 is 0 Å². The molecule has 0 spiro atoms. The summed E-state index contributed by atoms with van der Waals surface area (Å²) >= 11 is 0. The molecule has 0 aromatic rings. The van der Waals surface area contributed by atoms with Gasteiger partial charge in [-0.05, 0) is 25.8 Å². The monoisotopic (exact) mass is 283 g/mol. The van der Waals surface area contributed by atoms with Crippen molar-refractivity contribution in [3.05, 3.63) is 0 Å². The molecule has 2 unspecified atom stereocenters. The van der Waals surface area contributed by atoms with Crippen LogP contribution in [0.3, 0.4) is 0 Å². The third kappa shape index (κ3) is 14.4. The van der Waals surface area contributed by atoms with Crippen LogP contribution in [0.5, 0.6) is 0 Å². The first-order valence-corrected chi connectivity index (χ1v) is 9.44. The van der Waals surface area contributed by atoms with Crippen LogP contribution in [-0.2, 0) is 0 Å². The second-order valence-electron chi connectivity index (χ2n) is 6.77. The zero-order valence-corrected chi connectivity index (χ0v) is 14.8. The van der Waals surface area contributed by atoms with Crippen LogP contribution in [0.15, 0.2) is 0 Å². The molecule has 0 aliphatic rings. The minimum atomic E-state index is 0.693. The van der Waals surface area contributed by atoms with Gasteiger partial charge in [-0.2, -0.15) is 0 Å². The average molecular weight is 284 g/mol. The summed E-state index contributed by atoms with van der Waals surface area (Å²) in [5.41, 5.74) is 0. The average Bonchev–Trinajstić information content (AvgIpc) is 2.41. The van der Waals surface area contributed by atoms with Crippen LogP contribution in [0.4, 0.5) is 0 Å². The number of unbranched alkanes of at least 4 members (excludes halogenated alkanes) is 9. The molecule has 0 rings (SSSR count). The van der Waals surface area contributed by atoms with E-state index in [1.165, 1.54) is 77.0 Å². The molecule has 1 heteroatoms. The summed E-state index contributed by atoms with van der Waals surface area (Å²) < 4.78 is 0. The van der Waals surface area contributed by atoms with Gasteiger partial charge in [0.05, 0.1) is 0 Å². The lowest BCUT2D eigenvalue weighted by molar-refractivity contribution is 0.393. The number of hydrogen-bond acceptors (Lipinski definition) is 1. The molecule has 0 aliphatic heterocycles. The Kier molecular flexibility index (Phi) is 15.3. The second kappa shape index (κ2) is 15.4. The molecule has 2 atom stereocenters. The third-order valence-electron chi connectivity index (χ3n) is 4.36. The van der Waals surface area contributed by atoms with Gasteiger partial charge in [0.1, 0.15) is 0 Å². The second-order valence-corrected chi connectivity index (χ2v) is 6.77. The summed E-state index contributed by atoms with van der Waals surface area (Å²) in [6.45, 7) is 10.3. The van der Waals surface area contributed by atoms with Crippen LogP contribution in [0, 0.1) is 5.92 Å². The van der Waals surface area contributed by atoms with Crippen LogP contribution in [0.1, 0.15) is 105 Å². The van der Waals surface area contributed by atoms with Gasteiger partial charge >= 0.3 is 0 Å². The summed E-state index contributed by atoms with van der Waals surface area (Å²) in [5, 5.41) is 3.52. The maximum atomic E-state index is 3.52. The van der Waals surface area contributed by atoms with Gasteiger partial charge in [-0.25, -0.2) is 0 Å². The molecular weight excluding hydrogens is 242 g/mol. The highest BCUT2D eigenvalue weighted by Gasteiger charge is 2.07. The molecule has 0 fully saturated rings. The summed E-state index contributed by atoms with van der Waals surface area (Å²) in [5.74, 6) is 0.887. The van der Waals surface area contributed by atoms with Gasteiger partial charge in [0.15, 0.2) is 0 Å². The number of nitrogens with one attached hydrogen (secondary N) is 1. The van der Waals surface area contributed by atoms with E-state index in [0.29, 0.717) is 6.04 Å². The fourth-order valence-electron chi connectivity index (χ4n) is 3.13. The SMILES string of the molecule is CCCCCCCCCCCCC(C)CC(C)NCC. The van der Waals surface area contributed by atoms with Gasteiger partial charge < -0.3 is 5.32 Å². The highest BCUT2D eigenvalue weighted by atomic mass is 14.9. The Labute approximate surface area is 129 Å². The summed E-state index contributed by atoms with van der Waals surface area (Å²) in [4.78, 5) is 0. The van der Waals surface area contributed by atoms with Crippen molar-refractivity contribution >= 4 is 0 Å². The first-order chi connectivity index (χ1) is 9.70. The van der Waals surface area contributed by atoms with Crippen LogP contribution >= 0.6 is 0 Å². The molecule has 20 heavy (non-hydrogen) atoms. The lowest BCUT2D eigenvalue weighted by Gasteiger charge is -2.17. The minimum Gasteiger partial charge on any atom is -0.315 e. The predicted octanol–water partition coefficient (Wildman–Crippen LogP) is 6.32. The Morgan fingerprint density at radius 1 is 0.700 bits per heavy atom. The van der Waals surface area contributed by atoms with Gasteiger partial charge in [-0.3, -0.25) is 0 Å². The summed E-state index contributed by atoms with van der Waals surface area (Å²) in [6.07, 6.45) is 17.2. The fourth-order valence-corrected chi connectivity index (χ4v) is 3.13. The van der Waals surface area contributed by atoms with Crippen molar-refractivity contribution in [2.24, 2.45) is 5.92 Å². The van der Waals surface area contributed by atoms with E-state index in [1.54, 1.807) is 0 Å². The van der Waals surface area contributed by atoms with Crippen LogP contribution < -0.4 is 5.32 Å². The van der Waals surface area contributed by atoms with Crippen molar-refractivity contribution in [3.8, 4) is 0 Å². The highest BCUT2D eigenvalue weighted by Crippen LogP contribution is 2.16. The topological polar surface area (TPSA) is 12.0 Å². The van der Waals surface area contributed by atoms with Gasteiger partial charge in [0, 0.05) is 6.04 Å². The van der Waals surface area contributed by atoms with Crippen molar-refractivity contribution in [2.45, 2.75) is 111 Å². The highest BCUT2D eigenvalue weighted by molar-refractivity contribution is 4.64. The fraction of sp³-hybridized carbons (Fsp3) is 1.00. The van der Waals surface area contributed by atoms with E-state index in [0.717, 1.165) is 12.5 Å². The van der Waals surface area contributed by atoms with Gasteiger partial charge in [-0.15, -0.1) is 0 Å². The predicted molar refractivity (Wildman–Crippen MR) is 93.4 cm³/mol. The molecule has 0 radical (unpaired) electrons. The van der Waals surface area contributed by atoms with Crippen LogP contribution in [0.25, 0.3) is 0 Å². The van der Waals surface area contributed by atoms with Crippen molar-refractivity contribution in [1.82, 2.24) is 5.32 Å². The standard InChI is InChI=1S/C19H41N/c1-5-7-8-9-10-11-12-13-14-15-16-18(3)17-19(4)20-6-2/h18-20H,5-17H2,1-4H3. The van der Waals surface area contributed by atoms with E-state index in [1.807, 2.05) is 0 Å². The van der Waals surface area contributed by atoms with Crippen LogP contribution in [-0.4, -0.2) is 12.6 Å². The van der Waals surface area contributed by atoms with E-state index in [9.17, 15) is 0 Å². The molecule has 0 aromatic heterocycles. The molecule has 1 nitrogen and oxygen atoms in total. The number of hydrogen-bond donors (Lipinski definition) is 1. The maximum Gasteiger partial charge on any atom is 0.00411 e. The first-order valence-electron chi connectivity index (χ1n) is 9.44. The molecule has 0 saturated heterocycles. The Hall–Kier alpha value is -0.0400. The van der Waals surface area contributed by atoms with E-state index in [-0.39, 0.29) is 0 Å². The Bertz CT molecular complexity index is 179. The number of rotatable bonds is 15. The molecule has 0 aliphatic carbocycles. The Morgan fingerprint density at radius 3 is 1.70 bits per heavy atom. The third-order valence-corrected chi connectivity index (χ3v) is 4.36. The van der Waals surface area contributed by atoms with E-state index in [2.05, 4.69) is 33.0 Å². The zero-order chi connectivity index (χ0) is 15.1. The Balaban J connectivity index is 3.19. The zero-order valence-electron chi connectivity index (χ0n) is 14.8. The molecule has 0 aromatic carbocycles. The Morgan fingerprint density at radius 2 is 1.20 bits per heavy atom. The van der Waals surface area contributed by atoms with Gasteiger partial charge in [-0.1, -0.05) is 91.4 Å². The molecule has 0 saturated carbocycles. The molecule has 1 N–H and O–H groups in total. The molecule has 0 heterocycles. The van der Waals surface area contributed by atoms with Gasteiger partial charge in [0.25, 0.3) is 0 Å². The van der Waals surface area contributed by atoms with Gasteiger partial charge in [0.2, 0.25) is 0 Å². The summed E-state index contributed by atoms with van der Waals surface area (Å²) in [6, 6.07) is 0.693. The first kappa shape index (κ1) is 20.0. The summed E-state index contributed by atoms with van der Waals surface area (Å²) in [7, 11) is 0. The lowest BCUT2D eigenvalue weighted by Crippen LogP contribution is -2.27. The van der Waals surface area contributed by atoms with Crippen molar-refractivity contribution in [2.75, 3.05) is 6.54 Å². The molecule has 122 valence electrons. The van der Waals surface area contributed by atoms with Crippen molar-refractivity contribution in [3.63, 3.8) is 0 Å². The largest absolute Gasteiger partial charge is 0.315 e. The smallest absolute Gasteiger partial charge is 0.00411 e. The van der Waals surface area contributed by atoms with Crippen molar-refractivity contribution in [1.29, 1.82) is 0 Å². The van der Waals surface area contributed by atoms with Crippen LogP contribution in [0.2, 0.25) is 0 Å².